The Balaban J connectivity index is 1.84. The average Bonchev–Trinajstić information content (AvgIpc) is 3.03. The number of hydrogen-bond donors (Lipinski definition) is 0. The van der Waals surface area contributed by atoms with Crippen LogP contribution in [0.5, 0.6) is 0 Å². The largest absolute Gasteiger partial charge is 0.336 e. The summed E-state index contributed by atoms with van der Waals surface area (Å²) in [5.41, 5.74) is 1.08. The van der Waals surface area contributed by atoms with Crippen molar-refractivity contribution in [1.29, 1.82) is 0 Å². The summed E-state index contributed by atoms with van der Waals surface area (Å²) in [6.45, 7) is 0.763. The van der Waals surface area contributed by atoms with Gasteiger partial charge in [0.2, 0.25) is 0 Å². The van der Waals surface area contributed by atoms with E-state index in [9.17, 15) is 4.39 Å². The van der Waals surface area contributed by atoms with Crippen molar-refractivity contribution in [3.8, 4) is 0 Å². The van der Waals surface area contributed by atoms with Crippen LogP contribution in [-0.4, -0.2) is 9.55 Å². The Morgan fingerprint density at radius 2 is 1.82 bits per heavy atom. The summed E-state index contributed by atoms with van der Waals surface area (Å²) >= 11 is 7.66. The zero-order chi connectivity index (χ0) is 15.4. The Bertz CT molecular complexity index is 711. The Hall–Kier alpha value is -1.78. The van der Waals surface area contributed by atoms with Gasteiger partial charge in [-0.2, -0.15) is 0 Å². The van der Waals surface area contributed by atoms with Crippen LogP contribution >= 0.6 is 23.4 Å². The third-order valence-electron chi connectivity index (χ3n) is 3.27. The van der Waals surface area contributed by atoms with Crippen LogP contribution in [0.4, 0.5) is 4.39 Å². The van der Waals surface area contributed by atoms with E-state index in [-0.39, 0.29) is 11.1 Å². The van der Waals surface area contributed by atoms with Gasteiger partial charge in [-0.3, -0.25) is 0 Å². The maximum absolute atomic E-state index is 13.2. The molecule has 0 bridgehead atoms. The van der Waals surface area contributed by atoms with E-state index < -0.39 is 0 Å². The second-order valence-corrected chi connectivity index (χ2v) is 6.58. The summed E-state index contributed by atoms with van der Waals surface area (Å²) in [6.07, 6.45) is 5.48. The van der Waals surface area contributed by atoms with Gasteiger partial charge in [0, 0.05) is 28.9 Å². The van der Waals surface area contributed by atoms with E-state index in [1.807, 2.05) is 47.2 Å². The van der Waals surface area contributed by atoms with Crippen LogP contribution in [0, 0.1) is 5.82 Å². The number of thioether (sulfide) groups is 1. The molecule has 1 heterocycles. The maximum atomic E-state index is 13.2. The quantitative estimate of drug-likeness (QED) is 0.597. The monoisotopic (exact) mass is 332 g/mol. The van der Waals surface area contributed by atoms with E-state index in [2.05, 4.69) is 4.98 Å². The highest BCUT2D eigenvalue weighted by molar-refractivity contribution is 7.99. The fraction of sp³-hybridized carbons (Fsp3) is 0.118. The molecule has 112 valence electrons. The number of nitrogens with zero attached hydrogens (tertiary/aromatic N) is 2. The highest BCUT2D eigenvalue weighted by Crippen LogP contribution is 2.37. The molecule has 0 aliphatic carbocycles. The van der Waals surface area contributed by atoms with E-state index in [1.165, 1.54) is 12.1 Å². The molecule has 0 amide bonds. The Morgan fingerprint density at radius 1 is 1.09 bits per heavy atom. The number of imidazole rings is 1. The summed E-state index contributed by atoms with van der Waals surface area (Å²) in [7, 11) is 0. The third kappa shape index (κ3) is 3.90. The molecule has 22 heavy (non-hydrogen) atoms. The van der Waals surface area contributed by atoms with Crippen molar-refractivity contribution in [1.82, 2.24) is 9.55 Å². The van der Waals surface area contributed by atoms with Crippen molar-refractivity contribution >= 4 is 23.4 Å². The van der Waals surface area contributed by atoms with Crippen molar-refractivity contribution in [2.45, 2.75) is 16.7 Å². The van der Waals surface area contributed by atoms with Gasteiger partial charge in [-0.1, -0.05) is 23.7 Å². The molecule has 0 saturated carbocycles. The van der Waals surface area contributed by atoms with Gasteiger partial charge in [-0.05, 0) is 42.0 Å². The summed E-state index contributed by atoms with van der Waals surface area (Å²) in [4.78, 5) is 5.20. The molecule has 1 unspecified atom stereocenters. The fourth-order valence-electron chi connectivity index (χ4n) is 2.15. The summed E-state index contributed by atoms with van der Waals surface area (Å²) in [5.74, 6) is -0.221. The first-order valence-electron chi connectivity index (χ1n) is 6.84. The molecule has 0 N–H and O–H groups in total. The molecule has 3 rings (SSSR count). The lowest BCUT2D eigenvalue weighted by Crippen LogP contribution is -2.05. The molecule has 2 aromatic carbocycles. The molecule has 0 fully saturated rings. The first kappa shape index (κ1) is 15.1. The highest BCUT2D eigenvalue weighted by Gasteiger charge is 2.14. The molecule has 0 aliphatic heterocycles. The van der Waals surface area contributed by atoms with Crippen LogP contribution in [0.1, 0.15) is 10.8 Å². The topological polar surface area (TPSA) is 17.8 Å². The number of hydrogen-bond acceptors (Lipinski definition) is 2. The van der Waals surface area contributed by atoms with Gasteiger partial charge in [0.25, 0.3) is 0 Å². The number of rotatable bonds is 5. The molecule has 3 aromatic rings. The van der Waals surface area contributed by atoms with E-state index in [0.29, 0.717) is 0 Å². The van der Waals surface area contributed by atoms with Gasteiger partial charge in [0.1, 0.15) is 5.82 Å². The van der Waals surface area contributed by atoms with E-state index >= 15 is 0 Å². The van der Waals surface area contributed by atoms with Gasteiger partial charge < -0.3 is 4.57 Å². The van der Waals surface area contributed by atoms with Crippen molar-refractivity contribution in [3.05, 3.63) is 83.7 Å². The maximum Gasteiger partial charge on any atom is 0.123 e. The number of benzene rings is 2. The van der Waals surface area contributed by atoms with Crippen molar-refractivity contribution in [2.24, 2.45) is 0 Å². The van der Waals surface area contributed by atoms with E-state index in [0.717, 1.165) is 22.0 Å². The summed E-state index contributed by atoms with van der Waals surface area (Å²) in [6, 6.07) is 14.4. The zero-order valence-electron chi connectivity index (χ0n) is 11.7. The normalized spacial score (nSPS) is 12.3. The first-order chi connectivity index (χ1) is 10.7. The third-order valence-corrected chi connectivity index (χ3v) is 4.77. The predicted molar refractivity (Wildman–Crippen MR) is 88.7 cm³/mol. The van der Waals surface area contributed by atoms with Crippen LogP contribution in [-0.2, 0) is 6.54 Å². The van der Waals surface area contributed by atoms with E-state index in [1.54, 1.807) is 24.3 Å². The fourth-order valence-corrected chi connectivity index (χ4v) is 3.44. The van der Waals surface area contributed by atoms with Crippen LogP contribution in [0.15, 0.2) is 72.1 Å². The minimum absolute atomic E-state index is 0.163. The van der Waals surface area contributed by atoms with Gasteiger partial charge in [-0.25, -0.2) is 9.37 Å². The van der Waals surface area contributed by atoms with Crippen molar-refractivity contribution in [3.63, 3.8) is 0 Å². The molecule has 0 spiro atoms. The van der Waals surface area contributed by atoms with Crippen molar-refractivity contribution < 1.29 is 4.39 Å². The van der Waals surface area contributed by atoms with Crippen molar-refractivity contribution in [2.75, 3.05) is 0 Å². The minimum Gasteiger partial charge on any atom is -0.336 e. The standard InChI is InChI=1S/C17H14ClFN2S/c18-14-3-7-16(8-4-14)22-17(11-21-10-9-20-12-21)13-1-5-15(19)6-2-13/h1-10,12,17H,11H2. The lowest BCUT2D eigenvalue weighted by atomic mass is 10.1. The van der Waals surface area contributed by atoms with E-state index in [4.69, 9.17) is 11.6 Å². The Morgan fingerprint density at radius 3 is 2.45 bits per heavy atom. The second-order valence-electron chi connectivity index (χ2n) is 4.87. The summed E-state index contributed by atoms with van der Waals surface area (Å²) in [5, 5.41) is 0.883. The van der Waals surface area contributed by atoms with Gasteiger partial charge in [-0.15, -0.1) is 11.8 Å². The van der Waals surface area contributed by atoms with Gasteiger partial charge in [0.05, 0.1) is 11.6 Å². The van der Waals surface area contributed by atoms with Crippen LogP contribution in [0.2, 0.25) is 5.02 Å². The van der Waals surface area contributed by atoms with Crippen LogP contribution in [0.25, 0.3) is 0 Å². The first-order valence-corrected chi connectivity index (χ1v) is 8.10. The second kappa shape index (κ2) is 6.99. The highest BCUT2D eigenvalue weighted by atomic mass is 35.5. The lowest BCUT2D eigenvalue weighted by molar-refractivity contribution is 0.625. The number of aromatic nitrogens is 2. The molecular weight excluding hydrogens is 319 g/mol. The molecule has 2 nitrogen and oxygen atoms in total. The van der Waals surface area contributed by atoms with Gasteiger partial charge in [0.15, 0.2) is 0 Å². The minimum atomic E-state index is -0.221. The smallest absolute Gasteiger partial charge is 0.123 e. The lowest BCUT2D eigenvalue weighted by Gasteiger charge is -2.18. The number of halogens is 2. The molecule has 5 heteroatoms. The van der Waals surface area contributed by atoms with Crippen LogP contribution < -0.4 is 0 Å². The molecule has 0 radical (unpaired) electrons. The van der Waals surface area contributed by atoms with Crippen LogP contribution in [0.3, 0.4) is 0 Å². The molecular formula is C17H14ClFN2S. The molecule has 0 aliphatic rings. The Labute approximate surface area is 138 Å². The van der Waals surface area contributed by atoms with Gasteiger partial charge >= 0.3 is 0 Å². The average molecular weight is 333 g/mol. The zero-order valence-corrected chi connectivity index (χ0v) is 13.3. The molecule has 1 aromatic heterocycles. The predicted octanol–water partition coefficient (Wildman–Crippen LogP) is 5.21. The SMILES string of the molecule is Fc1ccc(C(Cn2ccnc2)Sc2ccc(Cl)cc2)cc1. The molecule has 0 saturated heterocycles. The molecule has 1 atom stereocenters. The Kier molecular flexibility index (Phi) is 4.80. The summed E-state index contributed by atoms with van der Waals surface area (Å²) < 4.78 is 15.2.